The van der Waals surface area contributed by atoms with Gasteiger partial charge in [0.1, 0.15) is 5.75 Å². The third-order valence-electron chi connectivity index (χ3n) is 4.28. The lowest BCUT2D eigenvalue weighted by molar-refractivity contribution is 0.149. The Morgan fingerprint density at radius 3 is 2.60 bits per heavy atom. The van der Waals surface area contributed by atoms with Crippen molar-refractivity contribution in [3.8, 4) is 5.75 Å². The van der Waals surface area contributed by atoms with Gasteiger partial charge in [-0.15, -0.1) is 0 Å². The van der Waals surface area contributed by atoms with Crippen molar-refractivity contribution >= 4 is 0 Å². The summed E-state index contributed by atoms with van der Waals surface area (Å²) in [6.45, 7) is 2.25. The van der Waals surface area contributed by atoms with E-state index < -0.39 is 0 Å². The fourth-order valence-corrected chi connectivity index (χ4v) is 3.16. The molecule has 0 aliphatic heterocycles. The van der Waals surface area contributed by atoms with Crippen molar-refractivity contribution in [3.63, 3.8) is 0 Å². The predicted octanol–water partition coefficient (Wildman–Crippen LogP) is 2.91. The minimum Gasteiger partial charge on any atom is -0.496 e. The summed E-state index contributed by atoms with van der Waals surface area (Å²) in [6.07, 6.45) is 7.18. The fourth-order valence-electron chi connectivity index (χ4n) is 3.16. The normalized spacial score (nSPS) is 19.6. The van der Waals surface area contributed by atoms with Gasteiger partial charge in [0.15, 0.2) is 0 Å². The molecule has 0 bridgehead atoms. The molecule has 0 spiro atoms. The van der Waals surface area contributed by atoms with Crippen LogP contribution in [0, 0.1) is 0 Å². The molecular formula is C17H27NO2. The monoisotopic (exact) mass is 277 g/mol. The molecule has 112 valence electrons. The Bertz CT molecular complexity index is 415. The van der Waals surface area contributed by atoms with Gasteiger partial charge in [0.25, 0.3) is 0 Å². The second-order valence-corrected chi connectivity index (χ2v) is 6.19. The first-order chi connectivity index (χ1) is 9.67. The number of hydrogen-bond acceptors (Lipinski definition) is 3. The topological polar surface area (TPSA) is 41.5 Å². The van der Waals surface area contributed by atoms with Gasteiger partial charge in [0, 0.05) is 11.6 Å². The van der Waals surface area contributed by atoms with E-state index in [1.54, 1.807) is 7.11 Å². The Kier molecular flexibility index (Phi) is 5.44. The highest BCUT2D eigenvalue weighted by Crippen LogP contribution is 2.25. The summed E-state index contributed by atoms with van der Waals surface area (Å²) in [4.78, 5) is 0. The first kappa shape index (κ1) is 15.3. The molecule has 0 saturated heterocycles. The van der Waals surface area contributed by atoms with Gasteiger partial charge in [-0.25, -0.2) is 0 Å². The lowest BCUT2D eigenvalue weighted by atomic mass is 9.88. The van der Waals surface area contributed by atoms with E-state index in [1.807, 2.05) is 18.2 Å². The summed E-state index contributed by atoms with van der Waals surface area (Å²) in [5.74, 6) is 0.901. The van der Waals surface area contributed by atoms with Gasteiger partial charge in [-0.2, -0.15) is 0 Å². The van der Waals surface area contributed by atoms with Gasteiger partial charge in [-0.3, -0.25) is 0 Å². The SMILES string of the molecule is COc1ccccc1CC(C)(CO)NC1CCCCC1. The van der Waals surface area contributed by atoms with Crippen LogP contribution in [0.4, 0.5) is 0 Å². The van der Waals surface area contributed by atoms with Crippen LogP contribution in [0.1, 0.15) is 44.6 Å². The summed E-state index contributed by atoms with van der Waals surface area (Å²) in [6, 6.07) is 8.60. The molecule has 0 radical (unpaired) electrons. The lowest BCUT2D eigenvalue weighted by Crippen LogP contribution is -2.52. The summed E-state index contributed by atoms with van der Waals surface area (Å²) in [5, 5.41) is 13.5. The van der Waals surface area contributed by atoms with Crippen LogP contribution in [0.2, 0.25) is 0 Å². The zero-order valence-electron chi connectivity index (χ0n) is 12.7. The van der Waals surface area contributed by atoms with E-state index in [0.717, 1.165) is 17.7 Å². The van der Waals surface area contributed by atoms with Gasteiger partial charge in [0.2, 0.25) is 0 Å². The summed E-state index contributed by atoms with van der Waals surface area (Å²) in [7, 11) is 1.70. The van der Waals surface area contributed by atoms with Crippen molar-refractivity contribution in [2.24, 2.45) is 0 Å². The Labute approximate surface area is 122 Å². The second kappa shape index (κ2) is 7.09. The van der Waals surface area contributed by atoms with Crippen LogP contribution < -0.4 is 10.1 Å². The average molecular weight is 277 g/mol. The molecule has 1 saturated carbocycles. The number of methoxy groups -OCH3 is 1. The highest BCUT2D eigenvalue weighted by Gasteiger charge is 2.28. The summed E-state index contributed by atoms with van der Waals surface area (Å²) in [5.41, 5.74) is 0.867. The smallest absolute Gasteiger partial charge is 0.122 e. The molecule has 0 aromatic heterocycles. The maximum atomic E-state index is 9.84. The molecule has 1 aromatic rings. The summed E-state index contributed by atoms with van der Waals surface area (Å²) < 4.78 is 5.42. The van der Waals surface area contributed by atoms with Crippen molar-refractivity contribution in [1.82, 2.24) is 5.32 Å². The minimum absolute atomic E-state index is 0.140. The largest absolute Gasteiger partial charge is 0.496 e. The quantitative estimate of drug-likeness (QED) is 0.840. The van der Waals surface area contributed by atoms with Gasteiger partial charge < -0.3 is 15.2 Å². The molecule has 1 aliphatic carbocycles. The molecule has 1 unspecified atom stereocenters. The standard InChI is InChI=1S/C17H27NO2/c1-17(13-19,18-15-9-4-3-5-10-15)12-14-8-6-7-11-16(14)20-2/h6-8,11,15,18-19H,3-5,9-10,12-13H2,1-2H3. The molecule has 1 fully saturated rings. The van der Waals surface area contributed by atoms with Gasteiger partial charge in [-0.1, -0.05) is 37.5 Å². The van der Waals surface area contributed by atoms with Crippen LogP contribution in [0.15, 0.2) is 24.3 Å². The Hall–Kier alpha value is -1.06. The zero-order valence-corrected chi connectivity index (χ0v) is 12.7. The van der Waals surface area contributed by atoms with Crippen LogP contribution in [0.25, 0.3) is 0 Å². The molecule has 2 N–H and O–H groups in total. The zero-order chi connectivity index (χ0) is 14.4. The van der Waals surface area contributed by atoms with Crippen molar-refractivity contribution in [3.05, 3.63) is 29.8 Å². The molecule has 2 rings (SSSR count). The van der Waals surface area contributed by atoms with E-state index in [-0.39, 0.29) is 12.1 Å². The number of benzene rings is 1. The first-order valence-electron chi connectivity index (χ1n) is 7.67. The van der Waals surface area contributed by atoms with E-state index in [1.165, 1.54) is 32.1 Å². The highest BCUT2D eigenvalue weighted by molar-refractivity contribution is 5.34. The van der Waals surface area contributed by atoms with Gasteiger partial charge in [-0.05, 0) is 37.8 Å². The second-order valence-electron chi connectivity index (χ2n) is 6.19. The van der Waals surface area contributed by atoms with Gasteiger partial charge in [0.05, 0.1) is 13.7 Å². The molecule has 0 heterocycles. The third-order valence-corrected chi connectivity index (χ3v) is 4.28. The van der Waals surface area contributed by atoms with Crippen LogP contribution in [0.5, 0.6) is 5.75 Å². The van der Waals surface area contributed by atoms with Crippen molar-refractivity contribution < 1.29 is 9.84 Å². The Morgan fingerprint density at radius 2 is 1.95 bits per heavy atom. The van der Waals surface area contributed by atoms with Crippen LogP contribution in [-0.4, -0.2) is 30.4 Å². The van der Waals surface area contributed by atoms with Crippen LogP contribution >= 0.6 is 0 Å². The maximum absolute atomic E-state index is 9.84. The fraction of sp³-hybridized carbons (Fsp3) is 0.647. The van der Waals surface area contributed by atoms with E-state index in [2.05, 4.69) is 18.3 Å². The molecular weight excluding hydrogens is 250 g/mol. The first-order valence-corrected chi connectivity index (χ1v) is 7.67. The Morgan fingerprint density at radius 1 is 1.25 bits per heavy atom. The number of para-hydroxylation sites is 1. The van der Waals surface area contributed by atoms with Crippen LogP contribution in [-0.2, 0) is 6.42 Å². The maximum Gasteiger partial charge on any atom is 0.122 e. The van der Waals surface area contributed by atoms with Crippen molar-refractivity contribution in [2.45, 2.75) is 57.0 Å². The molecule has 1 aliphatic rings. The number of aliphatic hydroxyl groups is 1. The highest BCUT2D eigenvalue weighted by atomic mass is 16.5. The van der Waals surface area contributed by atoms with Gasteiger partial charge >= 0.3 is 0 Å². The third kappa shape index (κ3) is 3.97. The molecule has 1 aromatic carbocycles. The van der Waals surface area contributed by atoms with E-state index >= 15 is 0 Å². The van der Waals surface area contributed by atoms with Crippen LogP contribution in [0.3, 0.4) is 0 Å². The molecule has 3 nitrogen and oxygen atoms in total. The van der Waals surface area contributed by atoms with E-state index in [9.17, 15) is 5.11 Å². The summed E-state index contributed by atoms with van der Waals surface area (Å²) >= 11 is 0. The molecule has 20 heavy (non-hydrogen) atoms. The Balaban J connectivity index is 2.05. The lowest BCUT2D eigenvalue weighted by Gasteiger charge is -2.36. The average Bonchev–Trinajstić information content (AvgIpc) is 2.49. The molecule has 1 atom stereocenters. The van der Waals surface area contributed by atoms with E-state index in [0.29, 0.717) is 6.04 Å². The minimum atomic E-state index is -0.281. The molecule has 0 amide bonds. The predicted molar refractivity (Wildman–Crippen MR) is 82.2 cm³/mol. The number of aliphatic hydroxyl groups excluding tert-OH is 1. The van der Waals surface area contributed by atoms with Crippen molar-refractivity contribution in [2.75, 3.05) is 13.7 Å². The number of rotatable bonds is 6. The molecule has 3 heteroatoms. The van der Waals surface area contributed by atoms with Crippen molar-refractivity contribution in [1.29, 1.82) is 0 Å². The number of hydrogen-bond donors (Lipinski definition) is 2. The van der Waals surface area contributed by atoms with E-state index in [4.69, 9.17) is 4.74 Å². The number of nitrogens with one attached hydrogen (secondary N) is 1. The number of ether oxygens (including phenoxy) is 1.